The highest BCUT2D eigenvalue weighted by Gasteiger charge is 2.27. The van der Waals surface area contributed by atoms with E-state index in [2.05, 4.69) is 4.74 Å². The normalized spacial score (nSPS) is 18.5. The quantitative estimate of drug-likeness (QED) is 0.843. The minimum atomic E-state index is -0.950. The Morgan fingerprint density at radius 3 is 2.62 bits per heavy atom. The van der Waals surface area contributed by atoms with Gasteiger partial charge in [-0.05, 0) is 25.1 Å². The number of esters is 1. The van der Waals surface area contributed by atoms with Crippen molar-refractivity contribution < 1.29 is 23.8 Å². The number of hydrogen-bond donors (Lipinski definition) is 1. The third-order valence-electron chi connectivity index (χ3n) is 3.60. The van der Waals surface area contributed by atoms with Crippen LogP contribution in [0.3, 0.4) is 0 Å². The number of carbonyl (C=O) groups is 2. The summed E-state index contributed by atoms with van der Waals surface area (Å²) in [7, 11) is 1.20. The van der Waals surface area contributed by atoms with Gasteiger partial charge in [0.2, 0.25) is 0 Å². The Morgan fingerprint density at radius 1 is 1.38 bits per heavy atom. The Balaban J connectivity index is 2.15. The summed E-state index contributed by atoms with van der Waals surface area (Å²) in [5.41, 5.74) is 0.510. The second kappa shape index (κ2) is 5.99. The Kier molecular flexibility index (Phi) is 4.30. The number of carboxylic acid groups (broad SMARTS) is 1. The molecule has 0 unspecified atom stereocenters. The van der Waals surface area contributed by atoms with E-state index in [9.17, 15) is 14.0 Å². The Morgan fingerprint density at radius 2 is 2.10 bits per heavy atom. The Labute approximate surface area is 121 Å². The number of rotatable bonds is 2. The third-order valence-corrected chi connectivity index (χ3v) is 3.60. The summed E-state index contributed by atoms with van der Waals surface area (Å²) in [6, 6.07) is 4.11. The first-order valence-corrected chi connectivity index (χ1v) is 6.56. The van der Waals surface area contributed by atoms with Crippen LogP contribution in [0.25, 0.3) is 0 Å². The largest absolute Gasteiger partial charge is 0.465 e. The molecular weight excluding hydrogens is 279 g/mol. The lowest BCUT2D eigenvalue weighted by molar-refractivity contribution is 0.0595. The van der Waals surface area contributed by atoms with Gasteiger partial charge in [0.05, 0.1) is 12.7 Å². The maximum atomic E-state index is 13.9. The molecule has 0 spiro atoms. The summed E-state index contributed by atoms with van der Waals surface area (Å²) >= 11 is 0. The van der Waals surface area contributed by atoms with Crippen LogP contribution in [0.4, 0.5) is 14.9 Å². The second-order valence-corrected chi connectivity index (χ2v) is 4.93. The Hall–Kier alpha value is -2.31. The lowest BCUT2D eigenvalue weighted by Crippen LogP contribution is -2.53. The van der Waals surface area contributed by atoms with Crippen molar-refractivity contribution in [2.75, 3.05) is 31.6 Å². The zero-order chi connectivity index (χ0) is 15.6. The van der Waals surface area contributed by atoms with Crippen molar-refractivity contribution in [2.24, 2.45) is 0 Å². The van der Waals surface area contributed by atoms with Gasteiger partial charge < -0.3 is 19.6 Å². The van der Waals surface area contributed by atoms with E-state index in [1.807, 2.05) is 4.90 Å². The average Bonchev–Trinajstić information content (AvgIpc) is 2.45. The highest BCUT2D eigenvalue weighted by Crippen LogP contribution is 2.22. The second-order valence-electron chi connectivity index (χ2n) is 4.93. The van der Waals surface area contributed by atoms with Crippen LogP contribution >= 0.6 is 0 Å². The number of methoxy groups -OCH3 is 1. The van der Waals surface area contributed by atoms with Crippen LogP contribution in [0.5, 0.6) is 0 Å². The zero-order valence-corrected chi connectivity index (χ0v) is 11.9. The summed E-state index contributed by atoms with van der Waals surface area (Å²) in [4.78, 5) is 25.6. The molecule has 1 fully saturated rings. The molecule has 21 heavy (non-hydrogen) atoms. The number of benzene rings is 1. The van der Waals surface area contributed by atoms with Crippen LogP contribution in [0.1, 0.15) is 17.3 Å². The van der Waals surface area contributed by atoms with Gasteiger partial charge in [-0.15, -0.1) is 0 Å². The van der Waals surface area contributed by atoms with Gasteiger partial charge in [-0.1, -0.05) is 0 Å². The van der Waals surface area contributed by atoms with Crippen molar-refractivity contribution >= 4 is 17.7 Å². The highest BCUT2D eigenvalue weighted by molar-refractivity contribution is 5.90. The van der Waals surface area contributed by atoms with E-state index in [-0.39, 0.29) is 11.6 Å². The summed E-state index contributed by atoms with van der Waals surface area (Å²) in [6.45, 7) is 3.12. The molecule has 0 aromatic heterocycles. The lowest BCUT2D eigenvalue weighted by atomic mass is 10.1. The molecule has 0 bridgehead atoms. The number of piperazine rings is 1. The molecule has 114 valence electrons. The van der Waals surface area contributed by atoms with Gasteiger partial charge in [-0.25, -0.2) is 14.0 Å². The monoisotopic (exact) mass is 296 g/mol. The van der Waals surface area contributed by atoms with Crippen molar-refractivity contribution in [3.8, 4) is 0 Å². The molecule has 0 saturated carbocycles. The molecule has 7 heteroatoms. The molecule has 1 aromatic rings. The fraction of sp³-hybridized carbons (Fsp3) is 0.429. The van der Waals surface area contributed by atoms with Crippen molar-refractivity contribution in [1.29, 1.82) is 0 Å². The van der Waals surface area contributed by atoms with Gasteiger partial charge in [0.1, 0.15) is 5.82 Å². The first-order chi connectivity index (χ1) is 9.93. The Bertz CT molecular complexity index is 564. The van der Waals surface area contributed by atoms with Crippen LogP contribution in [0, 0.1) is 5.82 Å². The van der Waals surface area contributed by atoms with E-state index in [1.54, 1.807) is 13.0 Å². The zero-order valence-electron chi connectivity index (χ0n) is 11.9. The number of anilines is 1. The molecule has 1 atom stereocenters. The fourth-order valence-electron chi connectivity index (χ4n) is 2.45. The topological polar surface area (TPSA) is 70.1 Å². The number of amides is 1. The van der Waals surface area contributed by atoms with Gasteiger partial charge >= 0.3 is 12.1 Å². The summed E-state index contributed by atoms with van der Waals surface area (Å²) < 4.78 is 18.4. The average molecular weight is 296 g/mol. The van der Waals surface area contributed by atoms with Crippen molar-refractivity contribution in [3.05, 3.63) is 29.6 Å². The summed E-state index contributed by atoms with van der Waals surface area (Å²) in [5, 5.41) is 9.03. The molecule has 1 amide bonds. The van der Waals surface area contributed by atoms with Gasteiger partial charge in [0, 0.05) is 31.4 Å². The first-order valence-electron chi connectivity index (χ1n) is 6.56. The van der Waals surface area contributed by atoms with Crippen molar-refractivity contribution in [3.63, 3.8) is 0 Å². The van der Waals surface area contributed by atoms with Crippen molar-refractivity contribution in [1.82, 2.24) is 4.90 Å². The number of halogens is 1. The lowest BCUT2D eigenvalue weighted by Gasteiger charge is -2.39. The molecule has 6 nitrogen and oxygen atoms in total. The molecule has 1 aliphatic heterocycles. The predicted octanol–water partition coefficient (Wildman–Crippen LogP) is 1.80. The van der Waals surface area contributed by atoms with E-state index < -0.39 is 17.9 Å². The van der Waals surface area contributed by atoms with Crippen LogP contribution in [0.15, 0.2) is 18.2 Å². The third kappa shape index (κ3) is 3.07. The molecule has 1 N–H and O–H groups in total. The molecule has 0 aliphatic carbocycles. The van der Waals surface area contributed by atoms with E-state index in [0.29, 0.717) is 25.3 Å². The van der Waals surface area contributed by atoms with E-state index in [1.165, 1.54) is 24.1 Å². The van der Waals surface area contributed by atoms with E-state index in [0.717, 1.165) is 0 Å². The molecule has 1 saturated heterocycles. The first kappa shape index (κ1) is 15.1. The van der Waals surface area contributed by atoms with E-state index in [4.69, 9.17) is 5.11 Å². The number of ether oxygens (including phenoxy) is 1. The SMILES string of the molecule is COC(=O)c1ccc(N2CCN(C(=O)O)[C@H](C)C2)cc1F. The maximum Gasteiger partial charge on any atom is 0.407 e. The standard InChI is InChI=1S/C14H17FN2O4/c1-9-8-16(5-6-17(9)14(19)20)10-3-4-11(12(15)7-10)13(18)21-2/h3-4,7,9H,5-6,8H2,1-2H3,(H,19,20)/t9-/m1/s1. The molecule has 0 radical (unpaired) electrons. The summed E-state index contributed by atoms with van der Waals surface area (Å²) in [5.74, 6) is -1.37. The highest BCUT2D eigenvalue weighted by atomic mass is 19.1. The predicted molar refractivity (Wildman–Crippen MR) is 74.1 cm³/mol. The van der Waals surface area contributed by atoms with Crippen LogP contribution < -0.4 is 4.90 Å². The number of nitrogens with zero attached hydrogens (tertiary/aromatic N) is 2. The fourth-order valence-corrected chi connectivity index (χ4v) is 2.45. The van der Waals surface area contributed by atoms with Gasteiger partial charge in [0.25, 0.3) is 0 Å². The molecule has 1 aliphatic rings. The van der Waals surface area contributed by atoms with E-state index >= 15 is 0 Å². The number of carbonyl (C=O) groups excluding carboxylic acids is 1. The maximum absolute atomic E-state index is 13.9. The minimum Gasteiger partial charge on any atom is -0.465 e. The molecule has 1 heterocycles. The van der Waals surface area contributed by atoms with Crippen LogP contribution in [-0.4, -0.2) is 54.9 Å². The van der Waals surface area contributed by atoms with Crippen LogP contribution in [0.2, 0.25) is 0 Å². The van der Waals surface area contributed by atoms with Gasteiger partial charge in [-0.3, -0.25) is 0 Å². The van der Waals surface area contributed by atoms with Crippen LogP contribution in [-0.2, 0) is 4.74 Å². The summed E-state index contributed by atoms with van der Waals surface area (Å²) in [6.07, 6.45) is -0.950. The number of hydrogen-bond acceptors (Lipinski definition) is 4. The smallest absolute Gasteiger partial charge is 0.407 e. The van der Waals surface area contributed by atoms with Gasteiger partial charge in [0.15, 0.2) is 0 Å². The molecule has 1 aromatic carbocycles. The minimum absolute atomic E-state index is 0.113. The van der Waals surface area contributed by atoms with Gasteiger partial charge in [-0.2, -0.15) is 0 Å². The molecular formula is C14H17FN2O4. The molecule has 2 rings (SSSR count). The van der Waals surface area contributed by atoms with Crippen molar-refractivity contribution in [2.45, 2.75) is 13.0 Å².